The second kappa shape index (κ2) is 5.90. The van der Waals surface area contributed by atoms with Crippen molar-refractivity contribution in [1.82, 2.24) is 9.47 Å². The molecule has 144 valence electrons. The van der Waals surface area contributed by atoms with Crippen LogP contribution in [0.4, 0.5) is 0 Å². The summed E-state index contributed by atoms with van der Waals surface area (Å²) in [5.41, 5.74) is 6.30. The molecule has 3 aliphatic rings. The standard InChI is InChI=1S/C22H22N2O4/c1-26-14-2-3-18-16(7-14)17-8-19-15-9-22-21(27-12-28-22)6-13(15)4-5-23(19)10-20(17)24(18)11-25/h2-3,6-7,9,19,25H,4-5,8,10-12H2,1H3. The second-order valence-corrected chi connectivity index (χ2v) is 7.72. The molecule has 0 saturated heterocycles. The Morgan fingerprint density at radius 2 is 2.04 bits per heavy atom. The topological polar surface area (TPSA) is 56.1 Å². The fourth-order valence-electron chi connectivity index (χ4n) is 5.11. The number of aromatic nitrogens is 1. The zero-order chi connectivity index (χ0) is 18.8. The van der Waals surface area contributed by atoms with Gasteiger partial charge in [0.25, 0.3) is 0 Å². The summed E-state index contributed by atoms with van der Waals surface area (Å²) in [6.45, 7) is 2.14. The molecule has 0 saturated carbocycles. The first kappa shape index (κ1) is 16.3. The van der Waals surface area contributed by atoms with E-state index < -0.39 is 0 Å². The lowest BCUT2D eigenvalue weighted by Gasteiger charge is -2.41. The maximum Gasteiger partial charge on any atom is 0.231 e. The Labute approximate surface area is 162 Å². The van der Waals surface area contributed by atoms with Crippen molar-refractivity contribution < 1.29 is 19.3 Å². The SMILES string of the molecule is COc1ccc2c(c1)c1c(n2CO)CN2CCc3cc4c(cc3C2C1)OCO4. The van der Waals surface area contributed by atoms with Gasteiger partial charge in [0.2, 0.25) is 6.79 Å². The van der Waals surface area contributed by atoms with Gasteiger partial charge < -0.3 is 23.9 Å². The predicted molar refractivity (Wildman–Crippen MR) is 104 cm³/mol. The zero-order valence-corrected chi connectivity index (χ0v) is 15.8. The molecule has 0 bridgehead atoms. The van der Waals surface area contributed by atoms with Crippen LogP contribution in [0, 0.1) is 0 Å². The van der Waals surface area contributed by atoms with Gasteiger partial charge in [-0.05, 0) is 59.9 Å². The first-order chi connectivity index (χ1) is 13.8. The molecule has 0 fully saturated rings. The van der Waals surface area contributed by atoms with Crippen molar-refractivity contribution in [2.75, 3.05) is 20.4 Å². The Kier molecular flexibility index (Phi) is 3.43. The third kappa shape index (κ3) is 2.16. The summed E-state index contributed by atoms with van der Waals surface area (Å²) < 4.78 is 18.7. The minimum Gasteiger partial charge on any atom is -0.497 e. The number of ether oxygens (including phenoxy) is 3. The summed E-state index contributed by atoms with van der Waals surface area (Å²) in [5.74, 6) is 2.57. The van der Waals surface area contributed by atoms with Crippen LogP contribution in [0.15, 0.2) is 30.3 Å². The Bertz CT molecular complexity index is 1100. The molecule has 1 N–H and O–H groups in total. The molecule has 3 aliphatic heterocycles. The molecule has 6 heteroatoms. The molecule has 0 aliphatic carbocycles. The van der Waals surface area contributed by atoms with Gasteiger partial charge in [-0.2, -0.15) is 0 Å². The maximum atomic E-state index is 10.0. The van der Waals surface area contributed by atoms with Gasteiger partial charge in [-0.3, -0.25) is 4.90 Å². The lowest BCUT2D eigenvalue weighted by molar-refractivity contribution is 0.146. The van der Waals surface area contributed by atoms with E-state index in [2.05, 4.69) is 23.1 Å². The third-order valence-electron chi connectivity index (χ3n) is 6.49. The minimum atomic E-state index is -0.00799. The van der Waals surface area contributed by atoms with E-state index in [1.807, 2.05) is 16.7 Å². The number of hydrogen-bond acceptors (Lipinski definition) is 5. The van der Waals surface area contributed by atoms with E-state index in [1.165, 1.54) is 27.8 Å². The number of hydrogen-bond donors (Lipinski definition) is 1. The van der Waals surface area contributed by atoms with Gasteiger partial charge in [0, 0.05) is 30.2 Å². The highest BCUT2D eigenvalue weighted by Gasteiger charge is 2.36. The van der Waals surface area contributed by atoms with Crippen molar-refractivity contribution in [2.24, 2.45) is 0 Å². The first-order valence-corrected chi connectivity index (χ1v) is 9.72. The van der Waals surface area contributed by atoms with Crippen LogP contribution in [0.25, 0.3) is 10.9 Å². The van der Waals surface area contributed by atoms with Gasteiger partial charge >= 0.3 is 0 Å². The quantitative estimate of drug-likeness (QED) is 0.743. The fourth-order valence-corrected chi connectivity index (χ4v) is 5.11. The zero-order valence-electron chi connectivity index (χ0n) is 15.8. The van der Waals surface area contributed by atoms with Crippen LogP contribution in [0.2, 0.25) is 0 Å². The van der Waals surface area contributed by atoms with Crippen LogP contribution in [0.5, 0.6) is 17.2 Å². The Balaban J connectivity index is 1.50. The van der Waals surface area contributed by atoms with Crippen LogP contribution in [-0.2, 0) is 26.1 Å². The maximum absolute atomic E-state index is 10.0. The summed E-state index contributed by atoms with van der Waals surface area (Å²) >= 11 is 0. The van der Waals surface area contributed by atoms with E-state index >= 15 is 0 Å². The van der Waals surface area contributed by atoms with E-state index in [0.717, 1.165) is 48.7 Å². The van der Waals surface area contributed by atoms with Gasteiger partial charge in [-0.15, -0.1) is 0 Å². The molecular formula is C22H22N2O4. The van der Waals surface area contributed by atoms with Crippen LogP contribution >= 0.6 is 0 Å². The summed E-state index contributed by atoms with van der Waals surface area (Å²) in [5, 5.41) is 11.2. The largest absolute Gasteiger partial charge is 0.497 e. The summed E-state index contributed by atoms with van der Waals surface area (Å²) in [7, 11) is 1.69. The first-order valence-electron chi connectivity index (χ1n) is 9.72. The molecule has 6 rings (SSSR count). The van der Waals surface area contributed by atoms with Crippen molar-refractivity contribution in [1.29, 1.82) is 0 Å². The van der Waals surface area contributed by atoms with Gasteiger partial charge in [-0.25, -0.2) is 0 Å². The highest BCUT2D eigenvalue weighted by atomic mass is 16.7. The monoisotopic (exact) mass is 378 g/mol. The van der Waals surface area contributed by atoms with Gasteiger partial charge in [0.1, 0.15) is 12.5 Å². The second-order valence-electron chi connectivity index (χ2n) is 7.72. The van der Waals surface area contributed by atoms with E-state index in [4.69, 9.17) is 14.2 Å². The van der Waals surface area contributed by atoms with E-state index in [-0.39, 0.29) is 6.73 Å². The molecule has 6 nitrogen and oxygen atoms in total. The van der Waals surface area contributed by atoms with Crippen molar-refractivity contribution >= 4 is 10.9 Å². The number of fused-ring (bicyclic) bond motifs is 7. The van der Waals surface area contributed by atoms with Crippen LogP contribution in [0.1, 0.15) is 28.4 Å². The summed E-state index contributed by atoms with van der Waals surface area (Å²) in [6.07, 6.45) is 1.92. The number of methoxy groups -OCH3 is 1. The highest BCUT2D eigenvalue weighted by molar-refractivity contribution is 5.87. The minimum absolute atomic E-state index is 0.00799. The molecule has 1 unspecified atom stereocenters. The molecule has 2 aromatic carbocycles. The van der Waals surface area contributed by atoms with Crippen molar-refractivity contribution in [3.05, 3.63) is 52.7 Å². The Hall–Kier alpha value is -2.70. The number of nitrogens with zero attached hydrogens (tertiary/aromatic N) is 2. The molecule has 0 spiro atoms. The Morgan fingerprint density at radius 3 is 2.86 bits per heavy atom. The van der Waals surface area contributed by atoms with E-state index in [0.29, 0.717) is 12.8 Å². The van der Waals surface area contributed by atoms with Crippen molar-refractivity contribution in [2.45, 2.75) is 32.2 Å². The van der Waals surface area contributed by atoms with E-state index in [9.17, 15) is 5.11 Å². The number of aliphatic hydroxyl groups is 1. The normalized spacial score (nSPS) is 20.0. The average molecular weight is 378 g/mol. The van der Waals surface area contributed by atoms with Crippen LogP contribution in [0.3, 0.4) is 0 Å². The van der Waals surface area contributed by atoms with Gasteiger partial charge in [-0.1, -0.05) is 0 Å². The average Bonchev–Trinajstić information content (AvgIpc) is 3.31. The Morgan fingerprint density at radius 1 is 1.18 bits per heavy atom. The lowest BCUT2D eigenvalue weighted by Crippen LogP contribution is -2.39. The van der Waals surface area contributed by atoms with Gasteiger partial charge in [0.05, 0.1) is 12.6 Å². The molecule has 0 radical (unpaired) electrons. The summed E-state index contributed by atoms with van der Waals surface area (Å²) in [4.78, 5) is 2.52. The third-order valence-corrected chi connectivity index (χ3v) is 6.49. The molecule has 4 heterocycles. The van der Waals surface area contributed by atoms with Crippen molar-refractivity contribution in [3.8, 4) is 17.2 Å². The molecule has 28 heavy (non-hydrogen) atoms. The molecule has 1 atom stereocenters. The number of benzene rings is 2. The van der Waals surface area contributed by atoms with Crippen LogP contribution in [-0.4, -0.2) is 35.0 Å². The van der Waals surface area contributed by atoms with E-state index in [1.54, 1.807) is 7.11 Å². The molecule has 3 aromatic rings. The predicted octanol–water partition coefficient (Wildman–Crippen LogP) is 2.98. The molecule has 1 aromatic heterocycles. The molecular weight excluding hydrogens is 356 g/mol. The number of rotatable bonds is 2. The van der Waals surface area contributed by atoms with Crippen molar-refractivity contribution in [3.63, 3.8) is 0 Å². The molecule has 0 amide bonds. The lowest BCUT2D eigenvalue weighted by atomic mass is 9.85. The fraction of sp³-hybridized carbons (Fsp3) is 0.364. The van der Waals surface area contributed by atoms with Gasteiger partial charge in [0.15, 0.2) is 11.5 Å². The summed E-state index contributed by atoms with van der Waals surface area (Å²) in [6, 6.07) is 10.8. The number of aliphatic hydroxyl groups excluding tert-OH is 1. The highest BCUT2D eigenvalue weighted by Crippen LogP contribution is 2.45. The smallest absolute Gasteiger partial charge is 0.231 e. The van der Waals surface area contributed by atoms with Crippen LogP contribution < -0.4 is 14.2 Å².